The van der Waals surface area contributed by atoms with E-state index in [2.05, 4.69) is 13.8 Å². The zero-order valence-corrected chi connectivity index (χ0v) is 15.2. The number of sulfonamides is 1. The third-order valence-corrected chi connectivity index (χ3v) is 7.17. The summed E-state index contributed by atoms with van der Waals surface area (Å²) in [6, 6.07) is 13.6. The van der Waals surface area contributed by atoms with Crippen LogP contribution in [0.15, 0.2) is 58.3 Å². The summed E-state index contributed by atoms with van der Waals surface area (Å²) in [5, 5.41) is 0. The Bertz CT molecular complexity index is 861. The Labute approximate surface area is 146 Å². The van der Waals surface area contributed by atoms with Gasteiger partial charge in [-0.3, -0.25) is 9.10 Å². The molecule has 3 rings (SSSR count). The van der Waals surface area contributed by atoms with Crippen LogP contribution in [0.1, 0.15) is 30.6 Å². The molecule has 6 heteroatoms. The Kier molecular flexibility index (Phi) is 4.44. The largest absolute Gasteiger partial charge is 0.298 e. The lowest BCUT2D eigenvalue weighted by Gasteiger charge is -2.25. The van der Waals surface area contributed by atoms with E-state index in [-0.39, 0.29) is 9.64 Å². The normalized spacial score (nSPS) is 17.0. The first-order valence-electron chi connectivity index (χ1n) is 7.69. The summed E-state index contributed by atoms with van der Waals surface area (Å²) in [6.07, 6.45) is 1.46. The van der Waals surface area contributed by atoms with Gasteiger partial charge < -0.3 is 0 Å². The number of nitrogens with zero attached hydrogens (tertiary/aromatic N) is 1. The number of fused-ring (bicyclic) bond motifs is 1. The van der Waals surface area contributed by atoms with Crippen molar-refractivity contribution >= 4 is 33.8 Å². The van der Waals surface area contributed by atoms with Crippen LogP contribution in [0.3, 0.4) is 0 Å². The van der Waals surface area contributed by atoms with Gasteiger partial charge in [-0.2, -0.15) is 0 Å². The highest BCUT2D eigenvalue weighted by molar-refractivity contribution is 8.01. The van der Waals surface area contributed by atoms with Crippen molar-refractivity contribution in [2.24, 2.45) is 0 Å². The van der Waals surface area contributed by atoms with Crippen LogP contribution in [0.5, 0.6) is 0 Å². The molecule has 0 spiro atoms. The number of benzene rings is 2. The number of carbonyl (C=O) groups excluding carboxylic acids is 1. The molecule has 0 saturated carbocycles. The Morgan fingerprint density at radius 2 is 1.83 bits per heavy atom. The molecule has 4 nitrogen and oxygen atoms in total. The van der Waals surface area contributed by atoms with Crippen LogP contribution >= 0.6 is 11.8 Å². The van der Waals surface area contributed by atoms with E-state index in [4.69, 9.17) is 0 Å². The lowest BCUT2D eigenvalue weighted by Crippen LogP contribution is -2.33. The second-order valence-electron chi connectivity index (χ2n) is 6.35. The number of carbonyl (C=O) groups is 1. The highest BCUT2D eigenvalue weighted by Crippen LogP contribution is 2.45. The van der Waals surface area contributed by atoms with Gasteiger partial charge in [0.1, 0.15) is 6.29 Å². The molecular formula is C18H19NO3S2. The molecule has 0 amide bonds. The standard InChI is InChI=1S/C18H19NO3S2/c1-18(2)10-11-19(24(21,22)15-6-4-3-5-7-15)16-12-14(13-20)8-9-17(16)23-18/h3-9,12-13H,10-11H2,1-2H3. The predicted molar refractivity (Wildman–Crippen MR) is 97.4 cm³/mol. The predicted octanol–water partition coefficient (Wildman–Crippen LogP) is 3.97. The molecule has 0 unspecified atom stereocenters. The summed E-state index contributed by atoms with van der Waals surface area (Å²) < 4.78 is 27.6. The monoisotopic (exact) mass is 361 g/mol. The summed E-state index contributed by atoms with van der Waals surface area (Å²) in [4.78, 5) is 12.3. The molecule has 126 valence electrons. The van der Waals surface area contributed by atoms with E-state index < -0.39 is 10.0 Å². The molecule has 2 aromatic rings. The van der Waals surface area contributed by atoms with Crippen molar-refractivity contribution in [1.29, 1.82) is 0 Å². The molecule has 0 radical (unpaired) electrons. The summed E-state index contributed by atoms with van der Waals surface area (Å²) in [6.45, 7) is 4.59. The molecule has 1 heterocycles. The molecule has 0 aliphatic carbocycles. The maximum atomic E-state index is 13.1. The lowest BCUT2D eigenvalue weighted by molar-refractivity contribution is 0.112. The van der Waals surface area contributed by atoms with E-state index >= 15 is 0 Å². The number of anilines is 1. The van der Waals surface area contributed by atoms with Gasteiger partial charge in [0.2, 0.25) is 0 Å². The average molecular weight is 361 g/mol. The molecule has 24 heavy (non-hydrogen) atoms. The number of hydrogen-bond acceptors (Lipinski definition) is 4. The number of hydrogen-bond donors (Lipinski definition) is 0. The van der Waals surface area contributed by atoms with E-state index in [9.17, 15) is 13.2 Å². The fourth-order valence-electron chi connectivity index (χ4n) is 2.70. The van der Waals surface area contributed by atoms with Gasteiger partial charge in [0.05, 0.1) is 10.6 Å². The Morgan fingerprint density at radius 3 is 2.50 bits per heavy atom. The lowest BCUT2D eigenvalue weighted by atomic mass is 10.1. The minimum Gasteiger partial charge on any atom is -0.298 e. The second kappa shape index (κ2) is 6.26. The van der Waals surface area contributed by atoms with Crippen molar-refractivity contribution in [3.05, 3.63) is 54.1 Å². The highest BCUT2D eigenvalue weighted by atomic mass is 32.2. The fraction of sp³-hybridized carbons (Fsp3) is 0.278. The molecule has 1 aliphatic rings. The fourth-order valence-corrected chi connectivity index (χ4v) is 5.45. The second-order valence-corrected chi connectivity index (χ2v) is 9.96. The van der Waals surface area contributed by atoms with Crippen LogP contribution < -0.4 is 4.31 Å². The molecule has 0 fully saturated rings. The van der Waals surface area contributed by atoms with Gasteiger partial charge in [0.25, 0.3) is 10.0 Å². The molecular weight excluding hydrogens is 342 g/mol. The zero-order valence-electron chi connectivity index (χ0n) is 13.6. The van der Waals surface area contributed by atoms with Gasteiger partial charge in [0, 0.05) is 21.8 Å². The van der Waals surface area contributed by atoms with Crippen LogP contribution in [-0.4, -0.2) is 26.0 Å². The summed E-state index contributed by atoms with van der Waals surface area (Å²) in [5.41, 5.74) is 1.06. The smallest absolute Gasteiger partial charge is 0.264 e. The Hall–Kier alpha value is -1.79. The summed E-state index contributed by atoms with van der Waals surface area (Å²) in [5.74, 6) is 0. The molecule has 0 aromatic heterocycles. The number of thioether (sulfide) groups is 1. The van der Waals surface area contributed by atoms with Crippen molar-refractivity contribution in [2.75, 3.05) is 10.8 Å². The first-order valence-corrected chi connectivity index (χ1v) is 9.95. The van der Waals surface area contributed by atoms with Crippen LogP contribution in [0.4, 0.5) is 5.69 Å². The van der Waals surface area contributed by atoms with Gasteiger partial charge in [-0.05, 0) is 30.7 Å². The molecule has 1 aliphatic heterocycles. The van der Waals surface area contributed by atoms with Gasteiger partial charge >= 0.3 is 0 Å². The van der Waals surface area contributed by atoms with Crippen LogP contribution in [-0.2, 0) is 10.0 Å². The third-order valence-electron chi connectivity index (χ3n) is 4.02. The highest BCUT2D eigenvalue weighted by Gasteiger charge is 2.34. The maximum absolute atomic E-state index is 13.1. The topological polar surface area (TPSA) is 54.5 Å². The quantitative estimate of drug-likeness (QED) is 0.776. The van der Waals surface area contributed by atoms with Crippen molar-refractivity contribution in [1.82, 2.24) is 0 Å². The molecule has 2 aromatic carbocycles. The number of rotatable bonds is 3. The summed E-state index contributed by atoms with van der Waals surface area (Å²) >= 11 is 1.65. The average Bonchev–Trinajstić information content (AvgIpc) is 2.70. The number of aldehydes is 1. The third kappa shape index (κ3) is 3.21. The zero-order chi connectivity index (χ0) is 17.4. The van der Waals surface area contributed by atoms with Crippen molar-refractivity contribution in [3.8, 4) is 0 Å². The molecule has 0 saturated heterocycles. The van der Waals surface area contributed by atoms with Gasteiger partial charge in [-0.15, -0.1) is 11.8 Å². The first-order chi connectivity index (χ1) is 11.3. The van der Waals surface area contributed by atoms with E-state index in [1.54, 1.807) is 54.2 Å². The van der Waals surface area contributed by atoms with Crippen LogP contribution in [0, 0.1) is 0 Å². The van der Waals surface area contributed by atoms with Gasteiger partial charge in [0.15, 0.2) is 0 Å². The van der Waals surface area contributed by atoms with E-state index in [0.29, 0.717) is 17.8 Å². The molecule has 0 bridgehead atoms. The van der Waals surface area contributed by atoms with Crippen molar-refractivity contribution in [3.63, 3.8) is 0 Å². The molecule has 0 atom stereocenters. The van der Waals surface area contributed by atoms with E-state index in [1.807, 2.05) is 6.07 Å². The van der Waals surface area contributed by atoms with Gasteiger partial charge in [-0.25, -0.2) is 8.42 Å². The Balaban J connectivity index is 2.17. The van der Waals surface area contributed by atoms with Crippen molar-refractivity contribution < 1.29 is 13.2 Å². The first kappa shape index (κ1) is 17.0. The minimum absolute atomic E-state index is 0.0849. The molecule has 0 N–H and O–H groups in total. The van der Waals surface area contributed by atoms with E-state index in [1.165, 1.54) is 4.31 Å². The SMILES string of the molecule is CC1(C)CCN(S(=O)(=O)c2ccccc2)c2cc(C=O)ccc2S1. The minimum atomic E-state index is -3.67. The van der Waals surface area contributed by atoms with Crippen LogP contribution in [0.2, 0.25) is 0 Å². The van der Waals surface area contributed by atoms with Gasteiger partial charge in [-0.1, -0.05) is 38.1 Å². The Morgan fingerprint density at radius 1 is 1.12 bits per heavy atom. The maximum Gasteiger partial charge on any atom is 0.264 e. The van der Waals surface area contributed by atoms with Crippen molar-refractivity contribution in [2.45, 2.75) is 34.8 Å². The van der Waals surface area contributed by atoms with E-state index in [0.717, 1.165) is 17.6 Å². The summed E-state index contributed by atoms with van der Waals surface area (Å²) in [7, 11) is -3.67. The van der Waals surface area contributed by atoms with Crippen LogP contribution in [0.25, 0.3) is 0 Å².